The Labute approximate surface area is 192 Å². The fourth-order valence-corrected chi connectivity index (χ4v) is 4.28. The summed E-state index contributed by atoms with van der Waals surface area (Å²) in [5.74, 6) is -0.126. The molecular weight excluding hydrogens is 475 g/mol. The Kier molecular flexibility index (Phi) is 16.3. The van der Waals surface area contributed by atoms with Crippen LogP contribution in [0, 0.1) is 3.57 Å². The van der Waals surface area contributed by atoms with Crippen LogP contribution in [0.1, 0.15) is 120 Å². The standard InChI is InChI=1S/C25H41IO3/c1-2-3-4-5-6-7-8-9-10-11-12-13-14-15-16-17-20-29-25(28)23-19-18-22(27)21-24(23)26/h18-19,21,27H,2-17,20H2,1H3. The van der Waals surface area contributed by atoms with Crippen molar-refractivity contribution in [2.45, 2.75) is 110 Å². The zero-order chi connectivity index (χ0) is 21.2. The molecule has 1 aromatic rings. The Bertz CT molecular complexity index is 545. The van der Waals surface area contributed by atoms with Gasteiger partial charge in [0.25, 0.3) is 0 Å². The first-order valence-corrected chi connectivity index (χ1v) is 12.9. The van der Waals surface area contributed by atoms with Crippen molar-refractivity contribution >= 4 is 28.6 Å². The van der Waals surface area contributed by atoms with Gasteiger partial charge in [0.1, 0.15) is 5.75 Å². The molecule has 3 nitrogen and oxygen atoms in total. The third-order valence-corrected chi connectivity index (χ3v) is 6.30. The quantitative estimate of drug-likeness (QED) is 0.121. The van der Waals surface area contributed by atoms with Gasteiger partial charge in [-0.3, -0.25) is 0 Å². The van der Waals surface area contributed by atoms with Crippen LogP contribution in [0.4, 0.5) is 0 Å². The van der Waals surface area contributed by atoms with Gasteiger partial charge in [-0.1, -0.05) is 103 Å². The Morgan fingerprint density at radius 1 is 0.793 bits per heavy atom. The number of aromatic hydroxyl groups is 1. The van der Waals surface area contributed by atoms with E-state index >= 15 is 0 Å². The van der Waals surface area contributed by atoms with Crippen LogP contribution in [0.5, 0.6) is 5.75 Å². The van der Waals surface area contributed by atoms with Crippen molar-refractivity contribution in [2.75, 3.05) is 6.61 Å². The molecule has 0 radical (unpaired) electrons. The van der Waals surface area contributed by atoms with E-state index in [0.29, 0.717) is 12.2 Å². The second-order valence-electron chi connectivity index (χ2n) is 8.10. The summed E-state index contributed by atoms with van der Waals surface area (Å²) in [6, 6.07) is 4.71. The summed E-state index contributed by atoms with van der Waals surface area (Å²) in [7, 11) is 0. The normalized spacial score (nSPS) is 11.0. The van der Waals surface area contributed by atoms with Crippen LogP contribution < -0.4 is 0 Å². The number of phenols is 1. The molecule has 1 aromatic carbocycles. The number of phenolic OH excluding ortho intramolecular Hbond substituents is 1. The number of hydrogen-bond donors (Lipinski definition) is 1. The molecular formula is C25H41IO3. The average Bonchev–Trinajstić information content (AvgIpc) is 2.70. The molecule has 4 heteroatoms. The van der Waals surface area contributed by atoms with Crippen LogP contribution in [0.3, 0.4) is 0 Å². The first-order valence-electron chi connectivity index (χ1n) is 11.8. The first kappa shape index (κ1) is 26.3. The van der Waals surface area contributed by atoms with Gasteiger partial charge in [0.05, 0.1) is 12.2 Å². The lowest BCUT2D eigenvalue weighted by Gasteiger charge is -2.07. The van der Waals surface area contributed by atoms with Crippen LogP contribution in [-0.2, 0) is 4.74 Å². The molecule has 0 atom stereocenters. The number of esters is 1. The topological polar surface area (TPSA) is 46.5 Å². The Morgan fingerprint density at radius 2 is 1.24 bits per heavy atom. The molecule has 1 rings (SSSR count). The van der Waals surface area contributed by atoms with E-state index in [0.717, 1.165) is 16.4 Å². The molecule has 0 fully saturated rings. The zero-order valence-corrected chi connectivity index (χ0v) is 20.6. The number of benzene rings is 1. The summed E-state index contributed by atoms with van der Waals surface area (Å²) in [5, 5.41) is 9.39. The van der Waals surface area contributed by atoms with E-state index in [4.69, 9.17) is 4.74 Å². The highest BCUT2D eigenvalue weighted by molar-refractivity contribution is 14.1. The molecule has 0 aliphatic heterocycles. The number of carbonyl (C=O) groups is 1. The molecule has 0 aliphatic carbocycles. The molecule has 0 aromatic heterocycles. The maximum absolute atomic E-state index is 12.0. The summed E-state index contributed by atoms with van der Waals surface area (Å²) in [5.41, 5.74) is 0.528. The number of halogens is 1. The van der Waals surface area contributed by atoms with E-state index in [1.165, 1.54) is 96.0 Å². The first-order chi connectivity index (χ1) is 14.1. The summed E-state index contributed by atoms with van der Waals surface area (Å²) in [6.07, 6.45) is 21.4. The molecule has 0 bridgehead atoms. The lowest BCUT2D eigenvalue weighted by molar-refractivity contribution is 0.0496. The van der Waals surface area contributed by atoms with Crippen molar-refractivity contribution in [2.24, 2.45) is 0 Å². The van der Waals surface area contributed by atoms with E-state index in [9.17, 15) is 9.90 Å². The molecule has 0 saturated heterocycles. The van der Waals surface area contributed by atoms with Crippen LogP contribution in [0.15, 0.2) is 18.2 Å². The van der Waals surface area contributed by atoms with Crippen LogP contribution >= 0.6 is 22.6 Å². The molecule has 0 amide bonds. The monoisotopic (exact) mass is 516 g/mol. The summed E-state index contributed by atoms with van der Waals surface area (Å²) >= 11 is 2.05. The van der Waals surface area contributed by atoms with Gasteiger partial charge in [0.2, 0.25) is 0 Å². The van der Waals surface area contributed by atoms with E-state index in [2.05, 4.69) is 6.92 Å². The minimum absolute atomic E-state index is 0.170. The van der Waals surface area contributed by atoms with Crippen molar-refractivity contribution < 1.29 is 14.6 Å². The van der Waals surface area contributed by atoms with Gasteiger partial charge in [-0.15, -0.1) is 0 Å². The molecule has 0 saturated carbocycles. The zero-order valence-electron chi connectivity index (χ0n) is 18.4. The number of carbonyl (C=O) groups excluding carboxylic acids is 1. The van der Waals surface area contributed by atoms with E-state index < -0.39 is 0 Å². The van der Waals surface area contributed by atoms with Gasteiger partial charge in [-0.05, 0) is 47.2 Å². The fraction of sp³-hybridized carbons (Fsp3) is 0.720. The van der Waals surface area contributed by atoms with E-state index in [-0.39, 0.29) is 11.7 Å². The largest absolute Gasteiger partial charge is 0.508 e. The summed E-state index contributed by atoms with van der Waals surface area (Å²) < 4.78 is 6.06. The second kappa shape index (κ2) is 18.0. The average molecular weight is 517 g/mol. The maximum Gasteiger partial charge on any atom is 0.339 e. The lowest BCUT2D eigenvalue weighted by atomic mass is 10.0. The SMILES string of the molecule is CCCCCCCCCCCCCCCCCCOC(=O)c1ccc(O)cc1I. The van der Waals surface area contributed by atoms with Crippen molar-refractivity contribution in [3.05, 3.63) is 27.3 Å². The van der Waals surface area contributed by atoms with Gasteiger partial charge in [0.15, 0.2) is 0 Å². The Balaban J connectivity index is 1.84. The number of hydrogen-bond acceptors (Lipinski definition) is 3. The number of ether oxygens (including phenoxy) is 1. The molecule has 0 aliphatic rings. The van der Waals surface area contributed by atoms with Crippen LogP contribution in [-0.4, -0.2) is 17.7 Å². The predicted octanol–water partition coefficient (Wildman–Crippen LogP) is 8.42. The summed E-state index contributed by atoms with van der Waals surface area (Å²) in [6.45, 7) is 2.76. The van der Waals surface area contributed by atoms with Gasteiger partial charge < -0.3 is 9.84 Å². The summed E-state index contributed by atoms with van der Waals surface area (Å²) in [4.78, 5) is 12.0. The minimum atomic E-state index is -0.296. The fourth-order valence-electron chi connectivity index (χ4n) is 3.56. The Morgan fingerprint density at radius 3 is 1.69 bits per heavy atom. The van der Waals surface area contributed by atoms with Crippen molar-refractivity contribution in [3.63, 3.8) is 0 Å². The number of unbranched alkanes of at least 4 members (excludes halogenated alkanes) is 15. The van der Waals surface area contributed by atoms with Gasteiger partial charge in [0, 0.05) is 3.57 Å². The molecule has 0 spiro atoms. The van der Waals surface area contributed by atoms with Crippen LogP contribution in [0.25, 0.3) is 0 Å². The van der Waals surface area contributed by atoms with E-state index in [1.54, 1.807) is 12.1 Å². The smallest absolute Gasteiger partial charge is 0.339 e. The third kappa shape index (κ3) is 14.0. The predicted molar refractivity (Wildman–Crippen MR) is 131 cm³/mol. The highest BCUT2D eigenvalue weighted by Gasteiger charge is 2.11. The Hall–Kier alpha value is -0.780. The molecule has 0 heterocycles. The van der Waals surface area contributed by atoms with Gasteiger partial charge in [-0.25, -0.2) is 4.79 Å². The maximum atomic E-state index is 12.0. The lowest BCUT2D eigenvalue weighted by Crippen LogP contribution is -2.08. The highest BCUT2D eigenvalue weighted by atomic mass is 127. The van der Waals surface area contributed by atoms with Crippen molar-refractivity contribution in [1.82, 2.24) is 0 Å². The van der Waals surface area contributed by atoms with Crippen LogP contribution in [0.2, 0.25) is 0 Å². The molecule has 166 valence electrons. The van der Waals surface area contributed by atoms with Gasteiger partial charge >= 0.3 is 5.97 Å². The van der Waals surface area contributed by atoms with Crippen molar-refractivity contribution in [1.29, 1.82) is 0 Å². The van der Waals surface area contributed by atoms with E-state index in [1.807, 2.05) is 22.6 Å². The van der Waals surface area contributed by atoms with Crippen molar-refractivity contribution in [3.8, 4) is 5.75 Å². The molecule has 1 N–H and O–H groups in total. The third-order valence-electron chi connectivity index (χ3n) is 5.40. The minimum Gasteiger partial charge on any atom is -0.508 e. The molecule has 0 unspecified atom stereocenters. The highest BCUT2D eigenvalue weighted by Crippen LogP contribution is 2.19. The van der Waals surface area contributed by atoms with Gasteiger partial charge in [-0.2, -0.15) is 0 Å². The molecule has 29 heavy (non-hydrogen) atoms. The second-order valence-corrected chi connectivity index (χ2v) is 9.27. The number of rotatable bonds is 18.